The molecule has 4 rings (SSSR count). The summed E-state index contributed by atoms with van der Waals surface area (Å²) in [6.45, 7) is 0.659. The summed E-state index contributed by atoms with van der Waals surface area (Å²) in [5, 5.41) is 4.71. The lowest BCUT2D eigenvalue weighted by molar-refractivity contribution is 0.110. The molecule has 122 valence electrons. The van der Waals surface area contributed by atoms with Gasteiger partial charge in [-0.1, -0.05) is 60.7 Å². The van der Waals surface area contributed by atoms with Gasteiger partial charge in [-0.2, -0.15) is 5.10 Å². The van der Waals surface area contributed by atoms with Crippen molar-refractivity contribution < 1.29 is 9.21 Å². The van der Waals surface area contributed by atoms with Gasteiger partial charge < -0.3 is 4.42 Å². The standard InChI is InChI=1S/C21H16N2O2/c24-15-18-11-12-21(25-18)19-13-20(17-9-5-2-6-10-17)23(22-19)14-16-7-3-1-4-8-16/h1-13,15H,14H2. The number of hydrogen-bond donors (Lipinski definition) is 0. The Morgan fingerprint density at radius 3 is 2.32 bits per heavy atom. The van der Waals surface area contributed by atoms with Crippen LogP contribution in [0.4, 0.5) is 0 Å². The highest BCUT2D eigenvalue weighted by Gasteiger charge is 2.14. The monoisotopic (exact) mass is 328 g/mol. The van der Waals surface area contributed by atoms with Gasteiger partial charge in [0.25, 0.3) is 0 Å². The normalized spacial score (nSPS) is 10.7. The van der Waals surface area contributed by atoms with Crippen molar-refractivity contribution in [2.45, 2.75) is 6.54 Å². The van der Waals surface area contributed by atoms with Crippen molar-refractivity contribution >= 4 is 6.29 Å². The molecule has 0 saturated carbocycles. The number of aldehydes is 1. The van der Waals surface area contributed by atoms with Crippen LogP contribution in [0.15, 0.2) is 83.3 Å². The summed E-state index contributed by atoms with van der Waals surface area (Å²) in [5.74, 6) is 0.889. The van der Waals surface area contributed by atoms with Gasteiger partial charge in [0, 0.05) is 0 Å². The molecule has 0 atom stereocenters. The van der Waals surface area contributed by atoms with Crippen LogP contribution < -0.4 is 0 Å². The van der Waals surface area contributed by atoms with Gasteiger partial charge in [-0.15, -0.1) is 0 Å². The summed E-state index contributed by atoms with van der Waals surface area (Å²) < 4.78 is 7.49. The van der Waals surface area contributed by atoms with Crippen molar-refractivity contribution in [2.75, 3.05) is 0 Å². The molecule has 4 nitrogen and oxygen atoms in total. The zero-order valence-electron chi connectivity index (χ0n) is 13.5. The maximum Gasteiger partial charge on any atom is 0.185 e. The van der Waals surface area contributed by atoms with E-state index < -0.39 is 0 Å². The summed E-state index contributed by atoms with van der Waals surface area (Å²) >= 11 is 0. The number of furan rings is 1. The first-order valence-corrected chi connectivity index (χ1v) is 8.06. The van der Waals surface area contributed by atoms with Crippen molar-refractivity contribution in [3.63, 3.8) is 0 Å². The average Bonchev–Trinajstić information content (AvgIpc) is 3.30. The summed E-state index contributed by atoms with van der Waals surface area (Å²) in [6, 6.07) is 25.7. The molecular formula is C21H16N2O2. The summed E-state index contributed by atoms with van der Waals surface area (Å²) in [6.07, 6.45) is 0.697. The first-order chi connectivity index (χ1) is 12.3. The third-order valence-electron chi connectivity index (χ3n) is 4.02. The highest BCUT2D eigenvalue weighted by Crippen LogP contribution is 2.27. The summed E-state index contributed by atoms with van der Waals surface area (Å²) in [7, 11) is 0. The largest absolute Gasteiger partial charge is 0.452 e. The highest BCUT2D eigenvalue weighted by atomic mass is 16.3. The molecule has 0 fully saturated rings. The van der Waals surface area contributed by atoms with Crippen LogP contribution >= 0.6 is 0 Å². The lowest BCUT2D eigenvalue weighted by atomic mass is 10.1. The third kappa shape index (κ3) is 3.15. The van der Waals surface area contributed by atoms with E-state index in [0.717, 1.165) is 11.3 Å². The minimum Gasteiger partial charge on any atom is -0.452 e. The van der Waals surface area contributed by atoms with Gasteiger partial charge >= 0.3 is 0 Å². The number of rotatable bonds is 5. The lowest BCUT2D eigenvalue weighted by Crippen LogP contribution is -2.03. The molecule has 2 aromatic heterocycles. The van der Waals surface area contributed by atoms with E-state index in [4.69, 9.17) is 9.52 Å². The number of benzene rings is 2. The first-order valence-electron chi connectivity index (χ1n) is 8.06. The van der Waals surface area contributed by atoms with E-state index in [-0.39, 0.29) is 0 Å². The molecule has 0 saturated heterocycles. The Balaban J connectivity index is 1.78. The number of aromatic nitrogens is 2. The molecule has 0 spiro atoms. The van der Waals surface area contributed by atoms with Gasteiger partial charge in [0.2, 0.25) is 0 Å². The fourth-order valence-corrected chi connectivity index (χ4v) is 2.81. The van der Waals surface area contributed by atoms with E-state index in [0.29, 0.717) is 30.0 Å². The number of carbonyl (C=O) groups excluding carboxylic acids is 1. The number of nitrogens with zero attached hydrogens (tertiary/aromatic N) is 2. The quantitative estimate of drug-likeness (QED) is 0.500. The second-order valence-corrected chi connectivity index (χ2v) is 5.74. The van der Waals surface area contributed by atoms with E-state index >= 15 is 0 Å². The van der Waals surface area contributed by atoms with E-state index in [1.54, 1.807) is 12.1 Å². The number of carbonyl (C=O) groups is 1. The van der Waals surface area contributed by atoms with Gasteiger partial charge in [-0.25, -0.2) is 0 Å². The number of hydrogen-bond acceptors (Lipinski definition) is 3. The fraction of sp³-hybridized carbons (Fsp3) is 0.0476. The summed E-state index contributed by atoms with van der Waals surface area (Å²) in [5.41, 5.74) is 3.97. The van der Waals surface area contributed by atoms with Crippen molar-refractivity contribution in [2.24, 2.45) is 0 Å². The smallest absolute Gasteiger partial charge is 0.185 e. The second-order valence-electron chi connectivity index (χ2n) is 5.74. The topological polar surface area (TPSA) is 48.0 Å². The molecule has 0 amide bonds. The van der Waals surface area contributed by atoms with E-state index in [1.807, 2.05) is 47.1 Å². The lowest BCUT2D eigenvalue weighted by Gasteiger charge is -2.07. The molecule has 0 N–H and O–H groups in total. The van der Waals surface area contributed by atoms with Crippen LogP contribution in [0.5, 0.6) is 0 Å². The highest BCUT2D eigenvalue weighted by molar-refractivity contribution is 5.73. The van der Waals surface area contributed by atoms with Gasteiger partial charge in [0.15, 0.2) is 17.8 Å². The van der Waals surface area contributed by atoms with Crippen molar-refractivity contribution in [1.82, 2.24) is 9.78 Å². The van der Waals surface area contributed by atoms with Crippen LogP contribution in [0, 0.1) is 0 Å². The van der Waals surface area contributed by atoms with Crippen LogP contribution in [0.25, 0.3) is 22.7 Å². The average molecular weight is 328 g/mol. The maximum absolute atomic E-state index is 10.9. The van der Waals surface area contributed by atoms with Gasteiger partial charge in [-0.3, -0.25) is 9.48 Å². The molecule has 0 aliphatic carbocycles. The Labute approximate surface area is 145 Å². The molecule has 4 heteroatoms. The Kier molecular flexibility index (Phi) is 4.01. The van der Waals surface area contributed by atoms with E-state index in [1.165, 1.54) is 5.56 Å². The van der Waals surface area contributed by atoms with Crippen LogP contribution in [-0.2, 0) is 6.54 Å². The molecule has 2 heterocycles. The van der Waals surface area contributed by atoms with Gasteiger partial charge in [-0.05, 0) is 29.3 Å². The van der Waals surface area contributed by atoms with Crippen LogP contribution in [0.2, 0.25) is 0 Å². The van der Waals surface area contributed by atoms with Gasteiger partial charge in [0.1, 0.15) is 5.69 Å². The van der Waals surface area contributed by atoms with Crippen molar-refractivity contribution in [3.05, 3.63) is 90.2 Å². The molecule has 25 heavy (non-hydrogen) atoms. The van der Waals surface area contributed by atoms with E-state index in [9.17, 15) is 4.79 Å². The van der Waals surface area contributed by atoms with Gasteiger partial charge in [0.05, 0.1) is 12.2 Å². The fourth-order valence-electron chi connectivity index (χ4n) is 2.81. The van der Waals surface area contributed by atoms with Crippen molar-refractivity contribution in [1.29, 1.82) is 0 Å². The Bertz CT molecular complexity index is 985. The zero-order chi connectivity index (χ0) is 17.1. The molecule has 0 unspecified atom stereocenters. The molecule has 0 aliphatic rings. The minimum atomic E-state index is 0.300. The molecule has 0 bridgehead atoms. The molecule has 0 aliphatic heterocycles. The predicted octanol–water partition coefficient (Wildman–Crippen LogP) is 4.67. The van der Waals surface area contributed by atoms with Crippen LogP contribution in [0.3, 0.4) is 0 Å². The van der Waals surface area contributed by atoms with E-state index in [2.05, 4.69) is 24.3 Å². The Hall–Kier alpha value is -3.40. The van der Waals surface area contributed by atoms with Crippen LogP contribution in [0.1, 0.15) is 16.1 Å². The molecular weight excluding hydrogens is 312 g/mol. The predicted molar refractivity (Wildman–Crippen MR) is 96.3 cm³/mol. The summed E-state index contributed by atoms with van der Waals surface area (Å²) in [4.78, 5) is 10.9. The third-order valence-corrected chi connectivity index (χ3v) is 4.02. The molecule has 2 aromatic carbocycles. The zero-order valence-corrected chi connectivity index (χ0v) is 13.5. The molecule has 0 radical (unpaired) electrons. The second kappa shape index (κ2) is 6.61. The minimum absolute atomic E-state index is 0.300. The first kappa shape index (κ1) is 15.1. The maximum atomic E-state index is 10.9. The Morgan fingerprint density at radius 2 is 1.64 bits per heavy atom. The van der Waals surface area contributed by atoms with Crippen LogP contribution in [-0.4, -0.2) is 16.1 Å². The van der Waals surface area contributed by atoms with Crippen molar-refractivity contribution in [3.8, 4) is 22.7 Å². The Morgan fingerprint density at radius 1 is 0.920 bits per heavy atom. The molecule has 4 aromatic rings. The SMILES string of the molecule is O=Cc1ccc(-c2cc(-c3ccccc3)n(Cc3ccccc3)n2)o1.